The molecule has 0 radical (unpaired) electrons. The molecule has 4 heteroatoms. The Kier molecular flexibility index (Phi) is 5.12. The predicted octanol–water partition coefficient (Wildman–Crippen LogP) is 1.98. The van der Waals surface area contributed by atoms with Crippen LogP contribution in [0.1, 0.15) is 12.5 Å². The van der Waals surface area contributed by atoms with Crippen LogP contribution in [-0.2, 0) is 11.2 Å². The first-order valence-electron chi connectivity index (χ1n) is 5.19. The number of ether oxygens (including phenoxy) is 1. The van der Waals surface area contributed by atoms with Crippen molar-refractivity contribution in [3.8, 4) is 5.75 Å². The average Bonchev–Trinajstić information content (AvgIpc) is 2.29. The molecule has 0 saturated carbocycles. The Balaban J connectivity index is 2.45. The van der Waals surface area contributed by atoms with Crippen LogP contribution >= 0.6 is 11.6 Å². The van der Waals surface area contributed by atoms with Crippen molar-refractivity contribution in [2.75, 3.05) is 13.7 Å². The summed E-state index contributed by atoms with van der Waals surface area (Å²) >= 11 is 5.63. The first-order chi connectivity index (χ1) is 7.65. The van der Waals surface area contributed by atoms with Gasteiger partial charge in [0.25, 0.3) is 0 Å². The molecular weight excluding hydrogens is 226 g/mol. The van der Waals surface area contributed by atoms with E-state index in [0.717, 1.165) is 17.7 Å². The maximum absolute atomic E-state index is 11.2. The summed E-state index contributed by atoms with van der Waals surface area (Å²) < 4.78 is 5.21. The Bertz CT molecular complexity index is 353. The maximum Gasteiger partial charge on any atom is 0.237 e. The average molecular weight is 242 g/mol. The number of benzene rings is 1. The Hall–Kier alpha value is -1.22. The number of carbonyl (C=O) groups excluding carboxylic acids is 1. The molecule has 0 aliphatic carbocycles. The fraction of sp³-hybridized carbons (Fsp3) is 0.417. The van der Waals surface area contributed by atoms with E-state index < -0.39 is 5.38 Å². The zero-order chi connectivity index (χ0) is 12.0. The van der Waals surface area contributed by atoms with Gasteiger partial charge in [-0.15, -0.1) is 11.6 Å². The van der Waals surface area contributed by atoms with Crippen LogP contribution in [0.5, 0.6) is 5.75 Å². The normalized spacial score (nSPS) is 11.9. The fourth-order valence-electron chi connectivity index (χ4n) is 1.37. The zero-order valence-electron chi connectivity index (χ0n) is 9.50. The molecule has 0 spiro atoms. The van der Waals surface area contributed by atoms with Gasteiger partial charge in [0.1, 0.15) is 11.1 Å². The van der Waals surface area contributed by atoms with E-state index in [4.69, 9.17) is 16.3 Å². The number of alkyl halides is 1. The summed E-state index contributed by atoms with van der Waals surface area (Å²) in [5, 5.41) is 2.27. The van der Waals surface area contributed by atoms with Crippen molar-refractivity contribution >= 4 is 17.5 Å². The van der Waals surface area contributed by atoms with Gasteiger partial charge >= 0.3 is 0 Å². The standard InChI is InChI=1S/C12H16ClNO2/c1-9(13)12(15)14-8-7-10-5-3-4-6-11(10)16-2/h3-6,9H,7-8H2,1-2H3,(H,14,15). The van der Waals surface area contributed by atoms with Gasteiger partial charge in [0.2, 0.25) is 5.91 Å². The largest absolute Gasteiger partial charge is 0.496 e. The van der Waals surface area contributed by atoms with Crippen LogP contribution in [0.2, 0.25) is 0 Å². The Morgan fingerprint density at radius 3 is 2.81 bits per heavy atom. The summed E-state index contributed by atoms with van der Waals surface area (Å²) in [4.78, 5) is 11.2. The van der Waals surface area contributed by atoms with Crippen LogP contribution in [0.3, 0.4) is 0 Å². The van der Waals surface area contributed by atoms with Gasteiger partial charge in [0.15, 0.2) is 0 Å². The van der Waals surface area contributed by atoms with Crippen molar-refractivity contribution in [3.63, 3.8) is 0 Å². The van der Waals surface area contributed by atoms with Gasteiger partial charge in [-0.2, -0.15) is 0 Å². The van der Waals surface area contributed by atoms with E-state index in [2.05, 4.69) is 5.32 Å². The zero-order valence-corrected chi connectivity index (χ0v) is 10.3. The van der Waals surface area contributed by atoms with E-state index in [9.17, 15) is 4.79 Å². The molecule has 0 bridgehead atoms. The van der Waals surface area contributed by atoms with Crippen molar-refractivity contribution in [2.24, 2.45) is 0 Å². The number of halogens is 1. The minimum atomic E-state index is -0.488. The topological polar surface area (TPSA) is 38.3 Å². The van der Waals surface area contributed by atoms with Gasteiger partial charge in [-0.25, -0.2) is 0 Å². The molecule has 3 nitrogen and oxygen atoms in total. The number of carbonyl (C=O) groups is 1. The smallest absolute Gasteiger partial charge is 0.237 e. The highest BCUT2D eigenvalue weighted by atomic mass is 35.5. The molecular formula is C12H16ClNO2. The molecule has 1 atom stereocenters. The summed E-state index contributed by atoms with van der Waals surface area (Å²) in [7, 11) is 1.64. The minimum Gasteiger partial charge on any atom is -0.496 e. The van der Waals surface area contributed by atoms with E-state index in [1.165, 1.54) is 0 Å². The lowest BCUT2D eigenvalue weighted by Gasteiger charge is -2.09. The van der Waals surface area contributed by atoms with Gasteiger partial charge in [-0.3, -0.25) is 4.79 Å². The molecule has 0 saturated heterocycles. The fourth-order valence-corrected chi connectivity index (χ4v) is 1.45. The van der Waals surface area contributed by atoms with E-state index in [1.807, 2.05) is 24.3 Å². The van der Waals surface area contributed by atoms with E-state index in [-0.39, 0.29) is 5.91 Å². The van der Waals surface area contributed by atoms with Crippen molar-refractivity contribution < 1.29 is 9.53 Å². The third-order valence-corrected chi connectivity index (χ3v) is 2.45. The predicted molar refractivity (Wildman–Crippen MR) is 65.0 cm³/mol. The van der Waals surface area contributed by atoms with Crippen LogP contribution in [0.15, 0.2) is 24.3 Å². The number of nitrogens with one attached hydrogen (secondary N) is 1. The summed E-state index contributed by atoms with van der Waals surface area (Å²) in [6.07, 6.45) is 0.735. The Labute approximate surface area is 101 Å². The molecule has 16 heavy (non-hydrogen) atoms. The highest BCUT2D eigenvalue weighted by Gasteiger charge is 2.08. The molecule has 1 N–H and O–H groups in total. The second kappa shape index (κ2) is 6.38. The van der Waals surface area contributed by atoms with Gasteiger partial charge in [0.05, 0.1) is 7.11 Å². The first-order valence-corrected chi connectivity index (χ1v) is 5.62. The lowest BCUT2D eigenvalue weighted by atomic mass is 10.1. The quantitative estimate of drug-likeness (QED) is 0.801. The van der Waals surface area contributed by atoms with Crippen molar-refractivity contribution in [1.82, 2.24) is 5.32 Å². The van der Waals surface area contributed by atoms with Crippen molar-refractivity contribution in [2.45, 2.75) is 18.7 Å². The van der Waals surface area contributed by atoms with Crippen LogP contribution in [0.25, 0.3) is 0 Å². The van der Waals surface area contributed by atoms with Gasteiger partial charge in [0, 0.05) is 6.54 Å². The molecule has 1 aromatic carbocycles. The molecule has 0 heterocycles. The molecule has 0 aromatic heterocycles. The summed E-state index contributed by atoms with van der Waals surface area (Å²) in [6.45, 7) is 2.22. The molecule has 1 amide bonds. The summed E-state index contributed by atoms with van der Waals surface area (Å²) in [6, 6.07) is 7.75. The van der Waals surface area contributed by atoms with Gasteiger partial charge in [-0.1, -0.05) is 18.2 Å². The SMILES string of the molecule is COc1ccccc1CCNC(=O)C(C)Cl. The lowest BCUT2D eigenvalue weighted by Crippen LogP contribution is -2.31. The third kappa shape index (κ3) is 3.74. The monoisotopic (exact) mass is 241 g/mol. The van der Waals surface area contributed by atoms with E-state index in [1.54, 1.807) is 14.0 Å². The molecule has 1 unspecified atom stereocenters. The molecule has 0 aliphatic heterocycles. The number of methoxy groups -OCH3 is 1. The maximum atomic E-state index is 11.2. The second-order valence-electron chi connectivity index (χ2n) is 3.47. The highest BCUT2D eigenvalue weighted by Crippen LogP contribution is 2.17. The van der Waals surface area contributed by atoms with E-state index >= 15 is 0 Å². The van der Waals surface area contributed by atoms with Gasteiger partial charge < -0.3 is 10.1 Å². The molecule has 0 aliphatic rings. The third-order valence-electron chi connectivity index (χ3n) is 2.25. The van der Waals surface area contributed by atoms with Gasteiger partial charge in [-0.05, 0) is 25.0 Å². The number of para-hydroxylation sites is 1. The highest BCUT2D eigenvalue weighted by molar-refractivity contribution is 6.30. The Morgan fingerprint density at radius 1 is 1.50 bits per heavy atom. The lowest BCUT2D eigenvalue weighted by molar-refractivity contribution is -0.120. The number of rotatable bonds is 5. The number of hydrogen-bond acceptors (Lipinski definition) is 2. The number of hydrogen-bond donors (Lipinski definition) is 1. The van der Waals surface area contributed by atoms with Crippen molar-refractivity contribution in [1.29, 1.82) is 0 Å². The molecule has 88 valence electrons. The minimum absolute atomic E-state index is 0.142. The first kappa shape index (κ1) is 12.8. The van der Waals surface area contributed by atoms with Crippen molar-refractivity contribution in [3.05, 3.63) is 29.8 Å². The van der Waals surface area contributed by atoms with Crippen LogP contribution in [0.4, 0.5) is 0 Å². The summed E-state index contributed by atoms with van der Waals surface area (Å²) in [5.41, 5.74) is 1.08. The van der Waals surface area contributed by atoms with E-state index in [0.29, 0.717) is 6.54 Å². The number of amides is 1. The second-order valence-corrected chi connectivity index (χ2v) is 4.12. The molecule has 1 aromatic rings. The molecule has 1 rings (SSSR count). The molecule has 0 fully saturated rings. The van der Waals surface area contributed by atoms with Crippen LogP contribution in [-0.4, -0.2) is 24.9 Å². The van der Waals surface area contributed by atoms with Crippen LogP contribution in [0, 0.1) is 0 Å². The van der Waals surface area contributed by atoms with Crippen LogP contribution < -0.4 is 10.1 Å². The Morgan fingerprint density at radius 2 is 2.19 bits per heavy atom. The summed E-state index contributed by atoms with van der Waals surface area (Å²) in [5.74, 6) is 0.701.